The zero-order valence-electron chi connectivity index (χ0n) is 18.0. The fourth-order valence-corrected chi connectivity index (χ4v) is 1.36. The van der Waals surface area contributed by atoms with Crippen molar-refractivity contribution in [1.29, 1.82) is 0 Å². The van der Waals surface area contributed by atoms with Crippen molar-refractivity contribution < 1.29 is 23.2 Å². The lowest BCUT2D eigenvalue weighted by atomic mass is 10.1. The van der Waals surface area contributed by atoms with Gasteiger partial charge >= 0.3 is 5.97 Å². The Morgan fingerprint density at radius 1 is 1.30 bits per heavy atom. The van der Waals surface area contributed by atoms with Gasteiger partial charge in [0.15, 0.2) is 0 Å². The maximum atomic E-state index is 10.4. The van der Waals surface area contributed by atoms with Gasteiger partial charge in [-0.1, -0.05) is 62.5 Å². The van der Waals surface area contributed by atoms with Crippen LogP contribution in [0.2, 0.25) is 0 Å². The highest BCUT2D eigenvalue weighted by Gasteiger charge is 1.96. The molecule has 0 bridgehead atoms. The molecule has 20 heavy (non-hydrogen) atoms. The number of carboxylic acid groups (broad SMARTS) is 1. The normalized spacial score (nSPS) is 22.0. The second-order valence-electron chi connectivity index (χ2n) is 4.29. The van der Waals surface area contributed by atoms with Crippen LogP contribution in [0.25, 0.3) is 0 Å². The van der Waals surface area contributed by atoms with Crippen molar-refractivity contribution in [2.75, 3.05) is 0 Å². The quantitative estimate of drug-likeness (QED) is 0.321. The van der Waals surface area contributed by atoms with E-state index in [9.17, 15) is 9.90 Å². The average molecular weight is 292 g/mol. The Balaban J connectivity index is 4.98. The highest BCUT2D eigenvalue weighted by atomic mass is 16.4. The van der Waals surface area contributed by atoms with Crippen LogP contribution in [-0.2, 0) is 4.79 Å². The highest BCUT2D eigenvalue weighted by Crippen LogP contribution is 2.04. The molecule has 0 radical (unpaired) electrons. The third-order valence-electron chi connectivity index (χ3n) is 2.42. The van der Waals surface area contributed by atoms with Gasteiger partial charge in [0.25, 0.3) is 0 Å². The van der Waals surface area contributed by atoms with E-state index >= 15 is 0 Å². The van der Waals surface area contributed by atoms with Crippen LogP contribution in [0, 0.1) is 0 Å². The van der Waals surface area contributed by atoms with E-state index in [0.29, 0.717) is 6.42 Å². The summed E-state index contributed by atoms with van der Waals surface area (Å²) in [6, 6.07) is -1.44. The highest BCUT2D eigenvalue weighted by molar-refractivity contribution is 5.66. The molecule has 0 aliphatic heterocycles. The minimum Gasteiger partial charge on any atom is -0.481 e. The van der Waals surface area contributed by atoms with Gasteiger partial charge in [0.05, 0.1) is 14.3 Å². The number of hydrogen-bond donors (Lipinski definition) is 2. The van der Waals surface area contributed by atoms with Gasteiger partial charge in [-0.05, 0) is 25.7 Å². The van der Waals surface area contributed by atoms with Crippen LogP contribution in [0.5, 0.6) is 0 Å². The molecule has 0 aromatic heterocycles. The Morgan fingerprint density at radius 3 is 2.80 bits per heavy atom. The standard InChI is InChI=1S/C17H28O3/c1-2-3-10-13-16(18)14-11-8-6-4-5-7-9-12-15-17(19)20/h5-8,11,14,16,18H,2-4,9-10,12-13,15H2,1H3,(H,19,20)/b7-5-,8-6-,14-11-/i5T,6T,7T,8T,14T,16T. The van der Waals surface area contributed by atoms with Gasteiger partial charge in [0, 0.05) is 6.42 Å². The van der Waals surface area contributed by atoms with Crippen molar-refractivity contribution >= 4 is 5.97 Å². The molecular weight excluding hydrogens is 252 g/mol. The van der Waals surface area contributed by atoms with E-state index in [1.165, 1.54) is 0 Å². The minimum absolute atomic E-state index is 0.0703. The molecule has 0 aromatic rings. The lowest BCUT2D eigenvalue weighted by molar-refractivity contribution is -0.137. The number of carbonyl (C=O) groups is 1. The van der Waals surface area contributed by atoms with Crippen molar-refractivity contribution in [3.8, 4) is 0 Å². The van der Waals surface area contributed by atoms with Crippen molar-refractivity contribution in [2.45, 2.75) is 64.4 Å². The van der Waals surface area contributed by atoms with Crippen LogP contribution in [-0.4, -0.2) is 22.3 Å². The molecule has 0 saturated carbocycles. The molecule has 0 aliphatic carbocycles. The monoisotopic (exact) mass is 292 g/mol. The molecule has 0 fully saturated rings. The molecule has 0 saturated heterocycles. The second kappa shape index (κ2) is 14.1. The number of aliphatic hydroxyl groups is 1. The summed E-state index contributed by atoms with van der Waals surface area (Å²) in [6.07, 6.45) is 1.14. The maximum Gasteiger partial charge on any atom is 0.303 e. The molecule has 0 heterocycles. The first-order valence-corrected chi connectivity index (χ1v) is 6.95. The summed E-state index contributed by atoms with van der Waals surface area (Å²) in [5, 5.41) is 18.5. The van der Waals surface area contributed by atoms with Crippen LogP contribution >= 0.6 is 0 Å². The number of allylic oxidation sites excluding steroid dienone is 5. The summed E-state index contributed by atoms with van der Waals surface area (Å²) in [5.41, 5.74) is 0. The summed E-state index contributed by atoms with van der Waals surface area (Å²) in [7, 11) is 0. The largest absolute Gasteiger partial charge is 0.481 e. The van der Waals surface area contributed by atoms with Gasteiger partial charge in [-0.15, -0.1) is 0 Å². The molecule has 0 aliphatic rings. The molecule has 0 rings (SSSR count). The van der Waals surface area contributed by atoms with E-state index in [1.807, 2.05) is 6.92 Å². The van der Waals surface area contributed by atoms with Crippen LogP contribution in [0.1, 0.15) is 66.5 Å². The SMILES string of the molecule is [3H]/C(=C/C([3H])=C(/[3H])C/C([3H])=C(/[3H])CCCC(=O)O)C([3H])(O)CCCCC. The fraction of sp³-hybridized carbons (Fsp3) is 0.588. The van der Waals surface area contributed by atoms with Gasteiger partial charge in [-0.25, -0.2) is 0 Å². The van der Waals surface area contributed by atoms with Crippen molar-refractivity contribution in [3.05, 3.63) is 36.3 Å². The first-order valence-electron chi connectivity index (χ1n) is 9.95. The van der Waals surface area contributed by atoms with Gasteiger partial charge < -0.3 is 10.2 Å². The lowest BCUT2D eigenvalue weighted by Gasteiger charge is -2.02. The van der Waals surface area contributed by atoms with Crippen molar-refractivity contribution in [2.24, 2.45) is 0 Å². The van der Waals surface area contributed by atoms with E-state index in [4.69, 9.17) is 13.3 Å². The van der Waals surface area contributed by atoms with E-state index in [2.05, 4.69) is 0 Å². The van der Waals surface area contributed by atoms with Gasteiger partial charge in [-0.3, -0.25) is 4.79 Å². The minimum atomic E-state index is -2.11. The van der Waals surface area contributed by atoms with Crippen LogP contribution in [0.15, 0.2) is 36.3 Å². The first-order chi connectivity index (χ1) is 12.0. The first kappa shape index (κ1) is 10.4. The zero-order valence-corrected chi connectivity index (χ0v) is 12.0. The molecule has 3 heteroatoms. The smallest absolute Gasteiger partial charge is 0.303 e. The summed E-state index contributed by atoms with van der Waals surface area (Å²) in [4.78, 5) is 10.4. The van der Waals surface area contributed by atoms with Crippen molar-refractivity contribution in [1.82, 2.24) is 0 Å². The molecule has 0 spiro atoms. The molecule has 3 nitrogen and oxygen atoms in total. The fourth-order valence-electron chi connectivity index (χ4n) is 1.36. The van der Waals surface area contributed by atoms with Gasteiger partial charge in [-0.2, -0.15) is 0 Å². The van der Waals surface area contributed by atoms with Crippen LogP contribution < -0.4 is 0 Å². The summed E-state index contributed by atoms with van der Waals surface area (Å²) < 4.78 is 46.6. The van der Waals surface area contributed by atoms with Crippen LogP contribution in [0.4, 0.5) is 0 Å². The van der Waals surface area contributed by atoms with E-state index < -0.39 is 18.1 Å². The Bertz CT molecular complexity index is 567. The molecular formula is C17H28O3. The Labute approximate surface area is 131 Å². The summed E-state index contributed by atoms with van der Waals surface area (Å²) in [5.74, 6) is -0.978. The zero-order chi connectivity index (χ0) is 20.3. The summed E-state index contributed by atoms with van der Waals surface area (Å²) >= 11 is 0. The molecule has 114 valence electrons. The molecule has 0 aromatic carbocycles. The molecule has 1 unspecified atom stereocenters. The number of unbranched alkanes of at least 4 members (excludes halogenated alkanes) is 2. The van der Waals surface area contributed by atoms with Crippen molar-refractivity contribution in [3.63, 3.8) is 0 Å². The van der Waals surface area contributed by atoms with E-state index in [-0.39, 0.29) is 56.3 Å². The lowest BCUT2D eigenvalue weighted by Crippen LogP contribution is -2.00. The van der Waals surface area contributed by atoms with E-state index in [1.54, 1.807) is 0 Å². The molecule has 0 amide bonds. The Hall–Kier alpha value is -1.35. The average Bonchev–Trinajstić information content (AvgIpc) is 2.54. The van der Waals surface area contributed by atoms with Gasteiger partial charge in [0.2, 0.25) is 0 Å². The predicted octanol–water partition coefficient (Wildman–Crippen LogP) is 4.24. The number of aliphatic carboxylic acids is 1. The number of hydrogen-bond acceptors (Lipinski definition) is 2. The molecule has 1 atom stereocenters. The number of rotatable bonds is 12. The Morgan fingerprint density at radius 2 is 2.10 bits per heavy atom. The van der Waals surface area contributed by atoms with Crippen LogP contribution in [0.3, 0.4) is 0 Å². The third-order valence-corrected chi connectivity index (χ3v) is 2.42. The second-order valence-corrected chi connectivity index (χ2v) is 4.29. The Kier molecular flexibility index (Phi) is 7.31. The number of carboxylic acids is 1. The summed E-state index contributed by atoms with van der Waals surface area (Å²) in [6.45, 7) is 1.98. The van der Waals surface area contributed by atoms with E-state index in [0.717, 1.165) is 18.9 Å². The maximum absolute atomic E-state index is 10.4. The topological polar surface area (TPSA) is 57.5 Å². The molecule has 2 N–H and O–H groups in total. The van der Waals surface area contributed by atoms with Gasteiger partial charge in [0.1, 0.15) is 0 Å². The third kappa shape index (κ3) is 14.7. The predicted molar refractivity (Wildman–Crippen MR) is 83.7 cm³/mol.